The number of benzene rings is 1. The van der Waals surface area contributed by atoms with Crippen molar-refractivity contribution in [3.63, 3.8) is 0 Å². The lowest BCUT2D eigenvalue weighted by atomic mass is 9.85. The monoisotopic (exact) mass is 373 g/mol. The molecule has 1 aromatic carbocycles. The number of hydrogen-bond donors (Lipinski definition) is 1. The fraction of sp³-hybridized carbons (Fsp3) is 0.417. The molecular formula is C12H11Cl3FNO3S. The number of amides is 1. The molecule has 1 N–H and O–H groups in total. The first kappa shape index (κ1) is 16.8. The van der Waals surface area contributed by atoms with Gasteiger partial charge >= 0.3 is 0 Å². The molecule has 0 heterocycles. The normalized spacial score (nSPS) is 15.6. The van der Waals surface area contributed by atoms with E-state index < -0.39 is 35.7 Å². The minimum Gasteiger partial charge on any atom is -0.352 e. The average molecular weight is 375 g/mol. The van der Waals surface area contributed by atoms with Crippen LogP contribution in [-0.2, 0) is 9.05 Å². The van der Waals surface area contributed by atoms with E-state index in [4.69, 9.17) is 33.9 Å². The Balaban J connectivity index is 2.35. The van der Waals surface area contributed by atoms with Crippen LogP contribution in [0.3, 0.4) is 0 Å². The van der Waals surface area contributed by atoms with E-state index in [1.165, 1.54) is 0 Å². The molecule has 1 aliphatic carbocycles. The molecule has 1 fully saturated rings. The summed E-state index contributed by atoms with van der Waals surface area (Å²) in [5.74, 6) is -1.35. The molecule has 0 spiro atoms. The highest BCUT2D eigenvalue weighted by molar-refractivity contribution is 8.14. The summed E-state index contributed by atoms with van der Waals surface area (Å²) in [5, 5.41) is 1.38. The number of carbonyl (C=O) groups excluding carboxylic acids is 1. The van der Waals surface area contributed by atoms with Gasteiger partial charge in [0, 0.05) is 17.2 Å². The Labute approximate surface area is 136 Å². The Hall–Kier alpha value is -0.560. The highest BCUT2D eigenvalue weighted by Crippen LogP contribution is 2.36. The van der Waals surface area contributed by atoms with Crippen molar-refractivity contribution in [3.8, 4) is 0 Å². The van der Waals surface area contributed by atoms with Crippen LogP contribution >= 0.6 is 33.9 Å². The van der Waals surface area contributed by atoms with Crippen LogP contribution in [0.25, 0.3) is 0 Å². The van der Waals surface area contributed by atoms with Gasteiger partial charge in [0.25, 0.3) is 15.0 Å². The standard InChI is InChI=1S/C12H11Cl3FNO3S/c13-9-7(12(18)17-5-6-2-1-3-6)4-8(16)10(14)11(9)21(15,19)20/h4,6H,1-3,5H2,(H,17,18). The molecule has 0 unspecified atom stereocenters. The molecule has 0 aromatic heterocycles. The molecule has 1 aromatic rings. The van der Waals surface area contributed by atoms with Crippen molar-refractivity contribution in [2.45, 2.75) is 24.2 Å². The van der Waals surface area contributed by atoms with E-state index >= 15 is 0 Å². The molecule has 9 heteroatoms. The zero-order valence-corrected chi connectivity index (χ0v) is 13.7. The Bertz CT molecular complexity index is 689. The number of nitrogens with one attached hydrogen (secondary N) is 1. The second kappa shape index (κ2) is 6.28. The molecule has 1 aliphatic rings. The fourth-order valence-corrected chi connectivity index (χ4v) is 4.37. The van der Waals surface area contributed by atoms with Gasteiger partial charge in [-0.25, -0.2) is 12.8 Å². The van der Waals surface area contributed by atoms with Crippen LogP contribution in [0.4, 0.5) is 4.39 Å². The molecule has 0 bridgehead atoms. The average Bonchev–Trinajstić information content (AvgIpc) is 2.30. The van der Waals surface area contributed by atoms with Gasteiger partial charge in [0.05, 0.1) is 15.6 Å². The van der Waals surface area contributed by atoms with E-state index in [2.05, 4.69) is 5.32 Å². The van der Waals surface area contributed by atoms with Crippen molar-refractivity contribution < 1.29 is 17.6 Å². The SMILES string of the molecule is O=C(NCC1CCC1)c1cc(F)c(Cl)c(S(=O)(=O)Cl)c1Cl. The predicted octanol–water partition coefficient (Wildman–Crippen LogP) is 3.59. The van der Waals surface area contributed by atoms with E-state index in [9.17, 15) is 17.6 Å². The lowest BCUT2D eigenvalue weighted by Gasteiger charge is -2.25. The quantitative estimate of drug-likeness (QED) is 0.647. The molecule has 0 radical (unpaired) electrons. The van der Waals surface area contributed by atoms with Gasteiger partial charge < -0.3 is 5.32 Å². The highest BCUT2D eigenvalue weighted by atomic mass is 35.7. The molecule has 0 aliphatic heterocycles. The topological polar surface area (TPSA) is 63.2 Å². The maximum atomic E-state index is 13.7. The van der Waals surface area contributed by atoms with Crippen LogP contribution < -0.4 is 5.32 Å². The van der Waals surface area contributed by atoms with Crippen LogP contribution in [0.2, 0.25) is 10.0 Å². The van der Waals surface area contributed by atoms with Crippen molar-refractivity contribution in [2.75, 3.05) is 6.54 Å². The molecule has 21 heavy (non-hydrogen) atoms. The minimum atomic E-state index is -4.38. The third-order valence-corrected chi connectivity index (χ3v) is 5.73. The molecule has 0 saturated heterocycles. The lowest BCUT2D eigenvalue weighted by molar-refractivity contribution is 0.0938. The Morgan fingerprint density at radius 2 is 1.95 bits per heavy atom. The van der Waals surface area contributed by atoms with Crippen LogP contribution in [0, 0.1) is 11.7 Å². The summed E-state index contributed by atoms with van der Waals surface area (Å²) in [6, 6.07) is 0.798. The number of rotatable bonds is 4. The maximum absolute atomic E-state index is 13.7. The van der Waals surface area contributed by atoms with Crippen molar-refractivity contribution in [2.24, 2.45) is 5.92 Å². The predicted molar refractivity (Wildman–Crippen MR) is 79.1 cm³/mol. The Morgan fingerprint density at radius 1 is 1.33 bits per heavy atom. The van der Waals surface area contributed by atoms with Crippen LogP contribution in [-0.4, -0.2) is 20.9 Å². The second-order valence-electron chi connectivity index (χ2n) is 4.81. The van der Waals surface area contributed by atoms with Gasteiger partial charge in [-0.1, -0.05) is 29.6 Å². The van der Waals surface area contributed by atoms with E-state index in [0.717, 1.165) is 25.3 Å². The lowest BCUT2D eigenvalue weighted by Crippen LogP contribution is -2.32. The third kappa shape index (κ3) is 3.62. The molecule has 2 rings (SSSR count). The van der Waals surface area contributed by atoms with Crippen LogP contribution in [0.1, 0.15) is 29.6 Å². The van der Waals surface area contributed by atoms with Gasteiger partial charge in [-0.2, -0.15) is 0 Å². The van der Waals surface area contributed by atoms with Crippen molar-refractivity contribution in [1.82, 2.24) is 5.32 Å². The second-order valence-corrected chi connectivity index (χ2v) is 8.07. The van der Waals surface area contributed by atoms with Crippen molar-refractivity contribution in [1.29, 1.82) is 0 Å². The first-order valence-corrected chi connectivity index (χ1v) is 9.18. The Kier molecular flexibility index (Phi) is 5.03. The van der Waals surface area contributed by atoms with E-state index in [1.54, 1.807) is 0 Å². The van der Waals surface area contributed by atoms with Crippen molar-refractivity contribution >= 4 is 48.8 Å². The van der Waals surface area contributed by atoms with Gasteiger partial charge in [0.15, 0.2) is 0 Å². The number of carbonyl (C=O) groups is 1. The smallest absolute Gasteiger partial charge is 0.264 e. The van der Waals surface area contributed by atoms with Crippen molar-refractivity contribution in [3.05, 3.63) is 27.5 Å². The molecule has 116 valence electrons. The van der Waals surface area contributed by atoms with Gasteiger partial charge in [-0.05, 0) is 24.8 Å². The molecule has 4 nitrogen and oxygen atoms in total. The summed E-state index contributed by atoms with van der Waals surface area (Å²) >= 11 is 11.4. The third-order valence-electron chi connectivity index (χ3n) is 3.38. The number of halogens is 4. The molecule has 1 amide bonds. The summed E-state index contributed by atoms with van der Waals surface area (Å²) in [6.07, 6.45) is 3.15. The number of hydrogen-bond acceptors (Lipinski definition) is 3. The van der Waals surface area contributed by atoms with E-state index in [-0.39, 0.29) is 5.56 Å². The van der Waals surface area contributed by atoms with E-state index in [1.807, 2.05) is 0 Å². The molecule has 1 saturated carbocycles. The summed E-state index contributed by atoms with van der Waals surface area (Å²) in [4.78, 5) is 11.2. The van der Waals surface area contributed by atoms with Gasteiger partial charge in [0.2, 0.25) is 0 Å². The summed E-state index contributed by atoms with van der Waals surface area (Å²) < 4.78 is 36.5. The zero-order valence-electron chi connectivity index (χ0n) is 10.6. The maximum Gasteiger partial charge on any atom is 0.264 e. The largest absolute Gasteiger partial charge is 0.352 e. The van der Waals surface area contributed by atoms with Gasteiger partial charge in [0.1, 0.15) is 10.7 Å². The summed E-state index contributed by atoms with van der Waals surface area (Å²) in [5.41, 5.74) is -0.308. The molecule has 0 atom stereocenters. The minimum absolute atomic E-state index is 0.308. The van der Waals surface area contributed by atoms with E-state index in [0.29, 0.717) is 12.5 Å². The van der Waals surface area contributed by atoms with Crippen LogP contribution in [0.15, 0.2) is 11.0 Å². The van der Waals surface area contributed by atoms with Gasteiger partial charge in [-0.3, -0.25) is 4.79 Å². The summed E-state index contributed by atoms with van der Waals surface area (Å²) in [7, 11) is 0.803. The molecular weight excluding hydrogens is 364 g/mol. The van der Waals surface area contributed by atoms with Gasteiger partial charge in [-0.15, -0.1) is 0 Å². The first-order valence-electron chi connectivity index (χ1n) is 6.12. The fourth-order valence-electron chi connectivity index (χ4n) is 1.99. The first-order chi connectivity index (χ1) is 9.71. The summed E-state index contributed by atoms with van der Waals surface area (Å²) in [6.45, 7) is 0.433. The highest BCUT2D eigenvalue weighted by Gasteiger charge is 2.28. The zero-order chi connectivity index (χ0) is 15.8. The Morgan fingerprint density at radius 3 is 2.43 bits per heavy atom. The van der Waals surface area contributed by atoms with Crippen LogP contribution in [0.5, 0.6) is 0 Å².